The molecule has 1 saturated heterocycles. The minimum Gasteiger partial charge on any atom is -0.390 e. The van der Waals surface area contributed by atoms with Gasteiger partial charge in [-0.1, -0.05) is 37.6 Å². The van der Waals surface area contributed by atoms with E-state index in [1.165, 1.54) is 5.56 Å². The van der Waals surface area contributed by atoms with E-state index < -0.39 is 15.9 Å². The maximum Gasteiger partial charge on any atom is 0.154 e. The summed E-state index contributed by atoms with van der Waals surface area (Å²) in [6.07, 6.45) is 0.0979. The second kappa shape index (κ2) is 7.30. The van der Waals surface area contributed by atoms with Gasteiger partial charge >= 0.3 is 0 Å². The number of aliphatic hydroxyl groups is 1. The highest BCUT2D eigenvalue weighted by Crippen LogP contribution is 2.28. The van der Waals surface area contributed by atoms with Gasteiger partial charge < -0.3 is 10.4 Å². The average molecular weight is 346 g/mol. The number of aliphatic hydroxyl groups excluding tert-OH is 1. The van der Waals surface area contributed by atoms with Gasteiger partial charge in [0.15, 0.2) is 9.84 Å². The molecule has 1 aromatic rings. The SMILES string of the molecule is CC(C)[C@H](CCN[C@H]1CS(=O)(=O)C[C@H]1O)c1ccc(Cl)cc1. The van der Waals surface area contributed by atoms with Crippen LogP contribution in [0.25, 0.3) is 0 Å². The van der Waals surface area contributed by atoms with Gasteiger partial charge in [-0.2, -0.15) is 0 Å². The number of halogens is 1. The lowest BCUT2D eigenvalue weighted by atomic mass is 9.86. The molecule has 0 unspecified atom stereocenters. The maximum atomic E-state index is 11.5. The molecule has 0 aliphatic carbocycles. The second-order valence-corrected chi connectivity index (χ2v) is 8.99. The maximum absolute atomic E-state index is 11.5. The van der Waals surface area contributed by atoms with E-state index >= 15 is 0 Å². The lowest BCUT2D eigenvalue weighted by molar-refractivity contribution is 0.165. The highest BCUT2D eigenvalue weighted by Gasteiger charge is 2.35. The lowest BCUT2D eigenvalue weighted by Gasteiger charge is -2.23. The van der Waals surface area contributed by atoms with Gasteiger partial charge in [0.1, 0.15) is 0 Å². The summed E-state index contributed by atoms with van der Waals surface area (Å²) in [6, 6.07) is 7.53. The Morgan fingerprint density at radius 1 is 1.27 bits per heavy atom. The monoisotopic (exact) mass is 345 g/mol. The van der Waals surface area contributed by atoms with Crippen molar-refractivity contribution in [2.24, 2.45) is 5.92 Å². The molecule has 0 amide bonds. The molecule has 0 aromatic heterocycles. The van der Waals surface area contributed by atoms with Gasteiger partial charge in [-0.05, 0) is 42.5 Å². The molecule has 1 aliphatic heterocycles. The number of nitrogens with one attached hydrogen (secondary N) is 1. The third-order valence-electron chi connectivity index (χ3n) is 4.29. The zero-order chi connectivity index (χ0) is 16.3. The van der Waals surface area contributed by atoms with Crippen LogP contribution in [0, 0.1) is 5.92 Å². The van der Waals surface area contributed by atoms with E-state index in [1.807, 2.05) is 24.3 Å². The summed E-state index contributed by atoms with van der Waals surface area (Å²) in [6.45, 7) is 5.03. The fourth-order valence-electron chi connectivity index (χ4n) is 3.04. The minimum atomic E-state index is -3.10. The van der Waals surface area contributed by atoms with Crippen molar-refractivity contribution in [3.63, 3.8) is 0 Å². The third-order valence-corrected chi connectivity index (χ3v) is 6.26. The number of benzene rings is 1. The summed E-state index contributed by atoms with van der Waals surface area (Å²) >= 11 is 5.93. The van der Waals surface area contributed by atoms with Crippen molar-refractivity contribution in [1.29, 1.82) is 0 Å². The van der Waals surface area contributed by atoms with Crippen molar-refractivity contribution in [3.05, 3.63) is 34.9 Å². The van der Waals surface area contributed by atoms with Crippen molar-refractivity contribution in [2.45, 2.75) is 38.3 Å². The van der Waals surface area contributed by atoms with Crippen LogP contribution in [0.1, 0.15) is 31.7 Å². The smallest absolute Gasteiger partial charge is 0.154 e. The molecule has 2 rings (SSSR count). The summed E-state index contributed by atoms with van der Waals surface area (Å²) in [5.41, 5.74) is 1.24. The van der Waals surface area contributed by atoms with Crippen LogP contribution in [0.4, 0.5) is 0 Å². The zero-order valence-electron chi connectivity index (χ0n) is 13.0. The predicted molar refractivity (Wildman–Crippen MR) is 90.1 cm³/mol. The van der Waals surface area contributed by atoms with Crippen molar-refractivity contribution < 1.29 is 13.5 Å². The number of rotatable bonds is 6. The first-order valence-corrected chi connectivity index (χ1v) is 9.86. The Bertz CT molecular complexity index is 586. The highest BCUT2D eigenvalue weighted by atomic mass is 35.5. The van der Waals surface area contributed by atoms with E-state index in [-0.39, 0.29) is 17.5 Å². The molecule has 1 fully saturated rings. The van der Waals surface area contributed by atoms with Crippen molar-refractivity contribution in [2.75, 3.05) is 18.1 Å². The highest BCUT2D eigenvalue weighted by molar-refractivity contribution is 7.91. The van der Waals surface area contributed by atoms with Gasteiger partial charge in [-0.3, -0.25) is 0 Å². The number of hydrogen-bond acceptors (Lipinski definition) is 4. The van der Waals surface area contributed by atoms with E-state index in [0.717, 1.165) is 11.4 Å². The first-order valence-electron chi connectivity index (χ1n) is 7.66. The van der Waals surface area contributed by atoms with Gasteiger partial charge in [0.2, 0.25) is 0 Å². The summed E-state index contributed by atoms with van der Waals surface area (Å²) in [5, 5.41) is 13.7. The van der Waals surface area contributed by atoms with Crippen LogP contribution >= 0.6 is 11.6 Å². The van der Waals surface area contributed by atoms with E-state index in [2.05, 4.69) is 19.2 Å². The van der Waals surface area contributed by atoms with Crippen LogP contribution < -0.4 is 5.32 Å². The summed E-state index contributed by atoms with van der Waals surface area (Å²) in [5.74, 6) is 0.747. The standard InChI is InChI=1S/C16H24ClNO3S/c1-11(2)14(12-3-5-13(17)6-4-12)7-8-18-15-9-22(20,21)10-16(15)19/h3-6,11,14-16,18-19H,7-10H2,1-2H3/t14-,15-,16+/m0/s1. The van der Waals surface area contributed by atoms with Gasteiger partial charge in [0.25, 0.3) is 0 Å². The molecule has 6 heteroatoms. The summed E-state index contributed by atoms with van der Waals surface area (Å²) in [7, 11) is -3.10. The summed E-state index contributed by atoms with van der Waals surface area (Å²) < 4.78 is 23.0. The molecule has 0 radical (unpaired) electrons. The van der Waals surface area contributed by atoms with Crippen molar-refractivity contribution >= 4 is 21.4 Å². The topological polar surface area (TPSA) is 66.4 Å². The molecule has 4 nitrogen and oxygen atoms in total. The molecular formula is C16H24ClNO3S. The van der Waals surface area contributed by atoms with Crippen LogP contribution in [0.3, 0.4) is 0 Å². The van der Waals surface area contributed by atoms with E-state index in [4.69, 9.17) is 11.6 Å². The minimum absolute atomic E-state index is 0.0292. The molecule has 0 spiro atoms. The molecule has 3 atom stereocenters. The van der Waals surface area contributed by atoms with E-state index in [9.17, 15) is 13.5 Å². The largest absolute Gasteiger partial charge is 0.390 e. The third kappa shape index (κ3) is 4.69. The fraction of sp³-hybridized carbons (Fsp3) is 0.625. The molecule has 1 aliphatic rings. The van der Waals surface area contributed by atoms with Crippen LogP contribution in [0.2, 0.25) is 5.02 Å². The Balaban J connectivity index is 1.92. The number of sulfone groups is 1. The fourth-order valence-corrected chi connectivity index (χ4v) is 4.94. The van der Waals surface area contributed by atoms with Crippen molar-refractivity contribution in [1.82, 2.24) is 5.32 Å². The van der Waals surface area contributed by atoms with Crippen LogP contribution in [0.15, 0.2) is 24.3 Å². The first-order chi connectivity index (χ1) is 10.3. The average Bonchev–Trinajstić information content (AvgIpc) is 2.68. The van der Waals surface area contributed by atoms with Crippen LogP contribution in [-0.4, -0.2) is 43.7 Å². The van der Waals surface area contributed by atoms with E-state index in [0.29, 0.717) is 18.4 Å². The molecular weight excluding hydrogens is 322 g/mol. The molecule has 1 heterocycles. The molecule has 1 aromatic carbocycles. The van der Waals surface area contributed by atoms with E-state index in [1.54, 1.807) is 0 Å². The first kappa shape index (κ1) is 17.7. The lowest BCUT2D eigenvalue weighted by Crippen LogP contribution is -2.39. The Hall–Kier alpha value is -0.620. The zero-order valence-corrected chi connectivity index (χ0v) is 14.6. The normalized spacial score (nSPS) is 25.5. The predicted octanol–water partition coefficient (Wildman–Crippen LogP) is 2.22. The van der Waals surface area contributed by atoms with Crippen LogP contribution in [-0.2, 0) is 9.84 Å². The Morgan fingerprint density at radius 3 is 2.41 bits per heavy atom. The Kier molecular flexibility index (Phi) is 5.88. The van der Waals surface area contributed by atoms with Crippen molar-refractivity contribution in [3.8, 4) is 0 Å². The number of hydrogen-bond donors (Lipinski definition) is 2. The quantitative estimate of drug-likeness (QED) is 0.829. The van der Waals surface area contributed by atoms with Gasteiger partial charge in [-0.25, -0.2) is 8.42 Å². The molecule has 124 valence electrons. The second-order valence-electron chi connectivity index (χ2n) is 6.40. The molecule has 0 saturated carbocycles. The Morgan fingerprint density at radius 2 is 1.91 bits per heavy atom. The molecule has 22 heavy (non-hydrogen) atoms. The molecule has 2 N–H and O–H groups in total. The molecule has 0 bridgehead atoms. The summed E-state index contributed by atoms with van der Waals surface area (Å²) in [4.78, 5) is 0. The van der Waals surface area contributed by atoms with Crippen LogP contribution in [0.5, 0.6) is 0 Å². The van der Waals surface area contributed by atoms with Gasteiger partial charge in [0.05, 0.1) is 17.6 Å². The Labute approximate surface area is 137 Å². The van der Waals surface area contributed by atoms with Gasteiger partial charge in [-0.15, -0.1) is 0 Å². The van der Waals surface area contributed by atoms with Gasteiger partial charge in [0, 0.05) is 11.1 Å².